The van der Waals surface area contributed by atoms with Crippen LogP contribution < -0.4 is 0 Å². The summed E-state index contributed by atoms with van der Waals surface area (Å²) in [5.41, 5.74) is 0.177. The number of carbonyl (C=O) groups is 1. The summed E-state index contributed by atoms with van der Waals surface area (Å²) in [6.45, 7) is 0. The Balaban J connectivity index is 2.45. The van der Waals surface area contributed by atoms with E-state index in [0.717, 1.165) is 6.20 Å². The maximum Gasteiger partial charge on any atom is 0.309 e. The van der Waals surface area contributed by atoms with Crippen LogP contribution in [0, 0.1) is 0 Å². The fourth-order valence-corrected chi connectivity index (χ4v) is 1.41. The van der Waals surface area contributed by atoms with Gasteiger partial charge >= 0.3 is 11.9 Å². The molecule has 6 heteroatoms. The van der Waals surface area contributed by atoms with Crippen molar-refractivity contribution < 1.29 is 18.7 Å². The molecule has 0 bridgehead atoms. The molecule has 1 aromatic heterocycles. The number of aliphatic carboxylic acids is 1. The standard InChI is InChI=1S/C11H8F2N2O2/c12-11(13,5-10(16)17)9-6-14-7-3-1-2-4-8(7)15-9/h1-4,6H,5H2,(H,16,17). The Labute approximate surface area is 94.9 Å². The molecule has 1 aromatic carbocycles. The molecule has 1 N–H and O–H groups in total. The molecular weight excluding hydrogens is 230 g/mol. The smallest absolute Gasteiger partial charge is 0.309 e. The van der Waals surface area contributed by atoms with Gasteiger partial charge in [-0.15, -0.1) is 0 Å². The van der Waals surface area contributed by atoms with E-state index in [1.54, 1.807) is 24.3 Å². The Hall–Kier alpha value is -2.11. The summed E-state index contributed by atoms with van der Waals surface area (Å²) in [7, 11) is 0. The molecule has 0 aliphatic heterocycles. The minimum Gasteiger partial charge on any atom is -0.481 e. The summed E-state index contributed by atoms with van der Waals surface area (Å²) in [4.78, 5) is 17.9. The zero-order valence-corrected chi connectivity index (χ0v) is 8.60. The molecule has 0 fully saturated rings. The highest BCUT2D eigenvalue weighted by Crippen LogP contribution is 2.30. The fraction of sp³-hybridized carbons (Fsp3) is 0.182. The maximum atomic E-state index is 13.5. The Morgan fingerprint density at radius 2 is 1.94 bits per heavy atom. The van der Waals surface area contributed by atoms with Crippen LogP contribution in [0.15, 0.2) is 30.5 Å². The Kier molecular flexibility index (Phi) is 2.71. The van der Waals surface area contributed by atoms with Gasteiger partial charge in [-0.1, -0.05) is 12.1 Å². The molecule has 4 nitrogen and oxygen atoms in total. The number of rotatable bonds is 3. The van der Waals surface area contributed by atoms with E-state index in [9.17, 15) is 13.6 Å². The third-order valence-electron chi connectivity index (χ3n) is 2.20. The van der Waals surface area contributed by atoms with Crippen molar-refractivity contribution in [1.82, 2.24) is 9.97 Å². The quantitative estimate of drug-likeness (QED) is 0.890. The molecule has 0 aliphatic rings. The molecule has 0 saturated heterocycles. The first-order chi connectivity index (χ1) is 7.99. The van der Waals surface area contributed by atoms with Gasteiger partial charge in [0.2, 0.25) is 0 Å². The lowest BCUT2D eigenvalue weighted by atomic mass is 10.1. The van der Waals surface area contributed by atoms with Crippen LogP contribution in [-0.4, -0.2) is 21.0 Å². The van der Waals surface area contributed by atoms with Gasteiger partial charge in [0.1, 0.15) is 12.1 Å². The van der Waals surface area contributed by atoms with Crippen molar-refractivity contribution in [2.45, 2.75) is 12.3 Å². The predicted molar refractivity (Wildman–Crippen MR) is 55.7 cm³/mol. The summed E-state index contributed by atoms with van der Waals surface area (Å²) >= 11 is 0. The molecule has 88 valence electrons. The first-order valence-corrected chi connectivity index (χ1v) is 4.81. The number of fused-ring (bicyclic) bond motifs is 1. The number of aromatic nitrogens is 2. The Bertz CT molecular complexity index is 572. The lowest BCUT2D eigenvalue weighted by molar-refractivity contribution is -0.145. The Morgan fingerprint density at radius 3 is 2.59 bits per heavy atom. The molecule has 0 saturated carbocycles. The largest absolute Gasteiger partial charge is 0.481 e. The molecule has 0 amide bonds. The van der Waals surface area contributed by atoms with E-state index in [-0.39, 0.29) is 0 Å². The number of hydrogen-bond donors (Lipinski definition) is 1. The number of hydrogen-bond acceptors (Lipinski definition) is 3. The van der Waals surface area contributed by atoms with Gasteiger partial charge in [0, 0.05) is 0 Å². The zero-order valence-electron chi connectivity index (χ0n) is 8.60. The molecule has 2 rings (SSSR count). The molecule has 0 spiro atoms. The molecule has 0 radical (unpaired) electrons. The predicted octanol–water partition coefficient (Wildman–Crippen LogP) is 2.20. The average molecular weight is 238 g/mol. The topological polar surface area (TPSA) is 63.1 Å². The zero-order chi connectivity index (χ0) is 12.5. The van der Waals surface area contributed by atoms with Gasteiger partial charge < -0.3 is 5.11 Å². The molecule has 0 aliphatic carbocycles. The lowest BCUT2D eigenvalue weighted by Crippen LogP contribution is -2.20. The van der Waals surface area contributed by atoms with Gasteiger partial charge in [-0.05, 0) is 12.1 Å². The van der Waals surface area contributed by atoms with E-state index >= 15 is 0 Å². The second kappa shape index (κ2) is 4.04. The van der Waals surface area contributed by atoms with Crippen LogP contribution in [0.5, 0.6) is 0 Å². The van der Waals surface area contributed by atoms with Crippen molar-refractivity contribution in [1.29, 1.82) is 0 Å². The van der Waals surface area contributed by atoms with Crippen LogP contribution in [0.3, 0.4) is 0 Å². The number of para-hydroxylation sites is 2. The van der Waals surface area contributed by atoms with E-state index in [4.69, 9.17) is 5.11 Å². The minimum atomic E-state index is -3.51. The highest BCUT2D eigenvalue weighted by atomic mass is 19.3. The van der Waals surface area contributed by atoms with Crippen molar-refractivity contribution in [3.05, 3.63) is 36.2 Å². The third-order valence-corrected chi connectivity index (χ3v) is 2.20. The molecule has 2 aromatic rings. The number of halogens is 2. The number of carboxylic acid groups (broad SMARTS) is 1. The van der Waals surface area contributed by atoms with E-state index in [2.05, 4.69) is 9.97 Å². The normalized spacial score (nSPS) is 11.6. The van der Waals surface area contributed by atoms with Gasteiger partial charge in [-0.2, -0.15) is 8.78 Å². The van der Waals surface area contributed by atoms with Crippen molar-refractivity contribution in [2.24, 2.45) is 0 Å². The number of nitrogens with zero attached hydrogens (tertiary/aromatic N) is 2. The maximum absolute atomic E-state index is 13.5. The van der Waals surface area contributed by atoms with Gasteiger partial charge in [0.25, 0.3) is 0 Å². The summed E-state index contributed by atoms with van der Waals surface area (Å²) in [5.74, 6) is -5.09. The SMILES string of the molecule is O=C(O)CC(F)(F)c1cnc2ccccc2n1. The van der Waals surface area contributed by atoms with Crippen molar-refractivity contribution in [3.63, 3.8) is 0 Å². The van der Waals surface area contributed by atoms with E-state index in [1.807, 2.05) is 0 Å². The van der Waals surface area contributed by atoms with Gasteiger partial charge in [0.15, 0.2) is 0 Å². The van der Waals surface area contributed by atoms with Gasteiger partial charge in [-0.3, -0.25) is 9.78 Å². The number of benzene rings is 1. The Morgan fingerprint density at radius 1 is 1.29 bits per heavy atom. The second-order valence-electron chi connectivity index (χ2n) is 3.52. The molecule has 0 atom stereocenters. The second-order valence-corrected chi connectivity index (χ2v) is 3.52. The van der Waals surface area contributed by atoms with Crippen LogP contribution in [0.4, 0.5) is 8.78 Å². The molecule has 1 heterocycles. The summed E-state index contributed by atoms with van der Waals surface area (Å²) in [5, 5.41) is 8.40. The first-order valence-electron chi connectivity index (χ1n) is 4.81. The van der Waals surface area contributed by atoms with E-state index < -0.39 is 24.0 Å². The monoisotopic (exact) mass is 238 g/mol. The minimum absolute atomic E-state index is 0.315. The van der Waals surface area contributed by atoms with Crippen LogP contribution >= 0.6 is 0 Å². The highest BCUT2D eigenvalue weighted by Gasteiger charge is 2.36. The summed E-state index contributed by atoms with van der Waals surface area (Å²) in [6.07, 6.45) is -0.384. The third kappa shape index (κ3) is 2.35. The first kappa shape index (κ1) is 11.4. The lowest BCUT2D eigenvalue weighted by Gasteiger charge is -2.13. The van der Waals surface area contributed by atoms with E-state index in [1.165, 1.54) is 0 Å². The summed E-state index contributed by atoms with van der Waals surface area (Å²) < 4.78 is 26.9. The van der Waals surface area contributed by atoms with Crippen LogP contribution in [-0.2, 0) is 10.7 Å². The number of alkyl halides is 2. The highest BCUT2D eigenvalue weighted by molar-refractivity contribution is 5.74. The van der Waals surface area contributed by atoms with Crippen molar-refractivity contribution >= 4 is 17.0 Å². The van der Waals surface area contributed by atoms with Crippen molar-refractivity contribution in [3.8, 4) is 0 Å². The van der Waals surface area contributed by atoms with Crippen molar-refractivity contribution in [2.75, 3.05) is 0 Å². The van der Waals surface area contributed by atoms with Gasteiger partial charge in [-0.25, -0.2) is 4.98 Å². The molecular formula is C11H8F2N2O2. The molecule has 0 unspecified atom stereocenters. The summed E-state index contributed by atoms with van der Waals surface area (Å²) in [6, 6.07) is 6.55. The fourth-order valence-electron chi connectivity index (χ4n) is 1.41. The average Bonchev–Trinajstić information content (AvgIpc) is 2.26. The number of carboxylic acids is 1. The van der Waals surface area contributed by atoms with Crippen LogP contribution in [0.25, 0.3) is 11.0 Å². The van der Waals surface area contributed by atoms with Crippen LogP contribution in [0.2, 0.25) is 0 Å². The van der Waals surface area contributed by atoms with E-state index in [0.29, 0.717) is 11.0 Å². The van der Waals surface area contributed by atoms with Gasteiger partial charge in [0.05, 0.1) is 17.2 Å². The van der Waals surface area contributed by atoms with Crippen LogP contribution in [0.1, 0.15) is 12.1 Å². The molecule has 17 heavy (non-hydrogen) atoms.